The molecule has 2 saturated heterocycles. The van der Waals surface area contributed by atoms with Gasteiger partial charge in [0.25, 0.3) is 0 Å². The fraction of sp³-hybridized carbons (Fsp3) is 0.667. The van der Waals surface area contributed by atoms with Crippen LogP contribution in [0.3, 0.4) is 0 Å². The number of hydrogen-bond acceptors (Lipinski definition) is 6. The Morgan fingerprint density at radius 3 is 2.66 bits per heavy atom. The Balaban J connectivity index is 1.28. The summed E-state index contributed by atoms with van der Waals surface area (Å²) in [6.07, 6.45) is 3.01. The molecule has 0 aromatic heterocycles. The highest BCUT2D eigenvalue weighted by Crippen LogP contribution is 2.47. The van der Waals surface area contributed by atoms with Crippen molar-refractivity contribution in [3.05, 3.63) is 23.8 Å². The molecule has 0 radical (unpaired) electrons. The zero-order chi connectivity index (χ0) is 22.2. The molecule has 1 aliphatic carbocycles. The molecule has 3 heterocycles. The number of aliphatic hydroxyl groups is 1. The van der Waals surface area contributed by atoms with Crippen LogP contribution >= 0.6 is 0 Å². The first-order chi connectivity index (χ1) is 15.5. The van der Waals surface area contributed by atoms with E-state index in [0.717, 1.165) is 62.4 Å². The number of nitrogens with one attached hydrogen (secondary N) is 1. The van der Waals surface area contributed by atoms with E-state index in [4.69, 9.17) is 9.47 Å². The van der Waals surface area contributed by atoms with Gasteiger partial charge in [-0.2, -0.15) is 0 Å². The molecular weight excluding hydrogens is 410 g/mol. The molecule has 2 amide bonds. The predicted molar refractivity (Wildman–Crippen MR) is 119 cm³/mol. The maximum absolute atomic E-state index is 12.9. The van der Waals surface area contributed by atoms with Crippen molar-refractivity contribution in [1.29, 1.82) is 0 Å². The molecule has 5 rings (SSSR count). The number of carbonyl (C=O) groups excluding carboxylic acids is 2. The second kappa shape index (κ2) is 9.00. The van der Waals surface area contributed by atoms with Crippen molar-refractivity contribution >= 4 is 17.5 Å². The van der Waals surface area contributed by atoms with Gasteiger partial charge in [0, 0.05) is 49.3 Å². The van der Waals surface area contributed by atoms with Gasteiger partial charge in [-0.15, -0.1) is 0 Å². The molecule has 1 aromatic rings. The number of likely N-dealkylation sites (N-methyl/N-ethyl adjacent to an activating group) is 1. The van der Waals surface area contributed by atoms with Crippen LogP contribution in [0.25, 0.3) is 0 Å². The first kappa shape index (κ1) is 21.7. The molecule has 3 fully saturated rings. The van der Waals surface area contributed by atoms with Gasteiger partial charge in [0.15, 0.2) is 0 Å². The first-order valence-electron chi connectivity index (χ1n) is 11.9. The lowest BCUT2D eigenvalue weighted by Gasteiger charge is -2.38. The average molecular weight is 444 g/mol. The zero-order valence-electron chi connectivity index (χ0n) is 18.7. The fourth-order valence-electron chi connectivity index (χ4n) is 5.26. The van der Waals surface area contributed by atoms with Gasteiger partial charge < -0.3 is 29.7 Å². The Morgan fingerprint density at radius 2 is 1.97 bits per heavy atom. The summed E-state index contributed by atoms with van der Waals surface area (Å²) in [6, 6.07) is 5.76. The van der Waals surface area contributed by atoms with Crippen LogP contribution in [0.5, 0.6) is 5.75 Å². The van der Waals surface area contributed by atoms with Crippen molar-refractivity contribution in [2.24, 2.45) is 5.92 Å². The molecule has 3 aliphatic heterocycles. The average Bonchev–Trinajstić information content (AvgIpc) is 3.10. The number of anilines is 1. The normalized spacial score (nSPS) is 30.1. The highest BCUT2D eigenvalue weighted by molar-refractivity contribution is 5.93. The number of nitrogens with zero attached hydrogens (tertiary/aromatic N) is 2. The number of ether oxygens (including phenoxy) is 2. The quantitative estimate of drug-likeness (QED) is 0.718. The number of carbonyl (C=O) groups is 2. The lowest BCUT2D eigenvalue weighted by molar-refractivity contribution is -0.150. The van der Waals surface area contributed by atoms with Crippen molar-refractivity contribution < 1.29 is 24.2 Å². The molecular formula is C24H33N3O5. The van der Waals surface area contributed by atoms with E-state index in [-0.39, 0.29) is 42.5 Å². The minimum atomic E-state index is -0.473. The first-order valence-corrected chi connectivity index (χ1v) is 11.9. The number of piperazine rings is 1. The molecule has 32 heavy (non-hydrogen) atoms. The number of benzene rings is 1. The maximum Gasteiger partial charge on any atom is 0.227 e. The summed E-state index contributed by atoms with van der Waals surface area (Å²) in [5.41, 5.74) is 1.81. The largest absolute Gasteiger partial charge is 0.487 e. The predicted octanol–water partition coefficient (Wildman–Crippen LogP) is 1.58. The number of amides is 2. The van der Waals surface area contributed by atoms with Crippen LogP contribution in [-0.4, -0.2) is 84.9 Å². The van der Waals surface area contributed by atoms with Gasteiger partial charge in [0.05, 0.1) is 19.1 Å². The lowest BCUT2D eigenvalue weighted by Crippen LogP contribution is -2.50. The summed E-state index contributed by atoms with van der Waals surface area (Å²) in [6.45, 7) is 3.11. The summed E-state index contributed by atoms with van der Waals surface area (Å²) < 4.78 is 12.2. The monoisotopic (exact) mass is 443 g/mol. The third-order valence-corrected chi connectivity index (χ3v) is 7.50. The van der Waals surface area contributed by atoms with Crippen LogP contribution < -0.4 is 10.1 Å². The SMILES string of the molecule is CN1CCN(C(=O)C[C@@H]2C[C@H]3c4cc(NC(=O)C5CCC5)ccc4O[C@H]3[C@H](CO)O2)CC1. The molecule has 174 valence electrons. The van der Waals surface area contributed by atoms with Crippen molar-refractivity contribution in [1.82, 2.24) is 9.80 Å². The molecule has 8 heteroatoms. The number of fused-ring (bicyclic) bond motifs is 3. The van der Waals surface area contributed by atoms with E-state index in [1.807, 2.05) is 23.1 Å². The molecule has 8 nitrogen and oxygen atoms in total. The van der Waals surface area contributed by atoms with E-state index in [2.05, 4.69) is 17.3 Å². The summed E-state index contributed by atoms with van der Waals surface area (Å²) in [7, 11) is 2.07. The summed E-state index contributed by atoms with van der Waals surface area (Å²) >= 11 is 0. The van der Waals surface area contributed by atoms with E-state index in [9.17, 15) is 14.7 Å². The van der Waals surface area contributed by atoms with E-state index in [1.54, 1.807) is 0 Å². The number of aliphatic hydroxyl groups excluding tert-OH is 1. The second-order valence-electron chi connectivity index (χ2n) is 9.66. The van der Waals surface area contributed by atoms with Crippen LogP contribution in [-0.2, 0) is 14.3 Å². The Bertz CT molecular complexity index is 865. The third kappa shape index (κ3) is 4.23. The van der Waals surface area contributed by atoms with Gasteiger partial charge in [0.1, 0.15) is 18.0 Å². The molecule has 4 aliphatic rings. The summed E-state index contributed by atoms with van der Waals surface area (Å²) in [4.78, 5) is 29.4. The van der Waals surface area contributed by atoms with E-state index in [0.29, 0.717) is 12.8 Å². The number of hydrogen-bond donors (Lipinski definition) is 2. The molecule has 1 saturated carbocycles. The number of rotatable bonds is 5. The standard InChI is InChI=1S/C24H33N3O5/c1-26-7-9-27(10-8-26)22(29)13-17-12-19-18-11-16(25-24(30)15-3-2-4-15)5-6-20(18)32-23(19)21(14-28)31-17/h5-6,11,15,17,19,21,23,28H,2-4,7-10,12-14H2,1H3,(H,25,30)/t17-,19-,21-,23+/m0/s1. The fourth-order valence-corrected chi connectivity index (χ4v) is 5.26. The van der Waals surface area contributed by atoms with Crippen LogP contribution in [0.4, 0.5) is 5.69 Å². The molecule has 1 aromatic carbocycles. The van der Waals surface area contributed by atoms with Crippen molar-refractivity contribution in [2.45, 2.75) is 56.3 Å². The smallest absolute Gasteiger partial charge is 0.227 e. The van der Waals surface area contributed by atoms with Gasteiger partial charge in [-0.25, -0.2) is 0 Å². The third-order valence-electron chi connectivity index (χ3n) is 7.50. The topological polar surface area (TPSA) is 91.3 Å². The summed E-state index contributed by atoms with van der Waals surface area (Å²) in [5.74, 6) is 1.12. The van der Waals surface area contributed by atoms with E-state index in [1.165, 1.54) is 0 Å². The maximum atomic E-state index is 12.9. The Hall–Kier alpha value is -2.16. The van der Waals surface area contributed by atoms with Crippen molar-refractivity contribution in [3.63, 3.8) is 0 Å². The Morgan fingerprint density at radius 1 is 1.19 bits per heavy atom. The highest BCUT2D eigenvalue weighted by atomic mass is 16.6. The Kier molecular flexibility index (Phi) is 6.09. The van der Waals surface area contributed by atoms with Gasteiger partial charge in [-0.3, -0.25) is 9.59 Å². The van der Waals surface area contributed by atoms with Crippen molar-refractivity contribution in [2.75, 3.05) is 45.2 Å². The van der Waals surface area contributed by atoms with Crippen molar-refractivity contribution in [3.8, 4) is 5.75 Å². The van der Waals surface area contributed by atoms with E-state index >= 15 is 0 Å². The molecule has 0 spiro atoms. The van der Waals surface area contributed by atoms with Gasteiger partial charge in [0.2, 0.25) is 11.8 Å². The molecule has 4 atom stereocenters. The van der Waals surface area contributed by atoms with Gasteiger partial charge in [-0.05, 0) is 44.5 Å². The highest BCUT2D eigenvalue weighted by Gasteiger charge is 2.46. The summed E-state index contributed by atoms with van der Waals surface area (Å²) in [5, 5.41) is 13.0. The van der Waals surface area contributed by atoms with E-state index < -0.39 is 6.10 Å². The zero-order valence-corrected chi connectivity index (χ0v) is 18.7. The second-order valence-corrected chi connectivity index (χ2v) is 9.66. The van der Waals surface area contributed by atoms with Gasteiger partial charge >= 0.3 is 0 Å². The minimum Gasteiger partial charge on any atom is -0.487 e. The molecule has 0 unspecified atom stereocenters. The molecule has 2 N–H and O–H groups in total. The van der Waals surface area contributed by atoms with Gasteiger partial charge in [-0.1, -0.05) is 6.42 Å². The van der Waals surface area contributed by atoms with Crippen LogP contribution in [0.1, 0.15) is 43.6 Å². The Labute approximate surface area is 188 Å². The van der Waals surface area contributed by atoms with Crippen LogP contribution in [0.15, 0.2) is 18.2 Å². The minimum absolute atomic E-state index is 0.0294. The lowest BCUT2D eigenvalue weighted by atomic mass is 9.83. The molecule has 0 bridgehead atoms. The van der Waals surface area contributed by atoms with Crippen LogP contribution in [0, 0.1) is 5.92 Å². The van der Waals surface area contributed by atoms with Crippen LogP contribution in [0.2, 0.25) is 0 Å².